The van der Waals surface area contributed by atoms with Crippen LogP contribution in [0.2, 0.25) is 5.02 Å². The number of nitrogens with zero attached hydrogens (tertiary/aromatic N) is 4. The maximum Gasteiger partial charge on any atom is 0.323 e. The highest BCUT2D eigenvalue weighted by molar-refractivity contribution is 6.32. The van der Waals surface area contributed by atoms with Crippen LogP contribution in [-0.4, -0.2) is 59.2 Å². The van der Waals surface area contributed by atoms with Crippen LogP contribution in [0.5, 0.6) is 11.8 Å². The van der Waals surface area contributed by atoms with Crippen molar-refractivity contribution in [1.29, 1.82) is 0 Å². The van der Waals surface area contributed by atoms with Crippen LogP contribution in [0.3, 0.4) is 0 Å². The number of halogens is 1. The number of benzene rings is 1. The zero-order valence-corrected chi connectivity index (χ0v) is 19.7. The molecule has 2 aliphatic rings. The van der Waals surface area contributed by atoms with E-state index in [9.17, 15) is 0 Å². The van der Waals surface area contributed by atoms with Crippen LogP contribution < -0.4 is 20.1 Å². The predicted molar refractivity (Wildman–Crippen MR) is 127 cm³/mol. The molecule has 1 aliphatic carbocycles. The zero-order chi connectivity index (χ0) is 22.3. The first-order chi connectivity index (χ1) is 15.6. The Balaban J connectivity index is 1.52. The topological polar surface area (TPSA) is 84.4 Å². The van der Waals surface area contributed by atoms with E-state index in [0.717, 1.165) is 31.5 Å². The van der Waals surface area contributed by atoms with E-state index in [2.05, 4.69) is 37.5 Å². The lowest BCUT2D eigenvalue weighted by atomic mass is 10.1. The Morgan fingerprint density at radius 1 is 1.03 bits per heavy atom. The van der Waals surface area contributed by atoms with Crippen molar-refractivity contribution in [2.24, 2.45) is 0 Å². The second-order valence-electron chi connectivity index (χ2n) is 8.66. The summed E-state index contributed by atoms with van der Waals surface area (Å²) < 4.78 is 11.3. The molecule has 1 atom stereocenters. The quantitative estimate of drug-likeness (QED) is 0.539. The summed E-state index contributed by atoms with van der Waals surface area (Å²) >= 11 is 6.28. The molecule has 1 aromatic carbocycles. The Morgan fingerprint density at radius 2 is 1.81 bits per heavy atom. The molecule has 1 saturated carbocycles. The number of likely N-dealkylation sites (N-methyl/N-ethyl adjacent to an activating group) is 1. The molecular formula is C23H33ClN6O2. The van der Waals surface area contributed by atoms with Crippen LogP contribution in [0.25, 0.3) is 0 Å². The van der Waals surface area contributed by atoms with Gasteiger partial charge in [-0.15, -0.1) is 0 Å². The van der Waals surface area contributed by atoms with Gasteiger partial charge < -0.3 is 25.0 Å². The molecule has 2 aromatic rings. The van der Waals surface area contributed by atoms with E-state index in [-0.39, 0.29) is 0 Å². The second-order valence-corrected chi connectivity index (χ2v) is 9.07. The van der Waals surface area contributed by atoms with Crippen LogP contribution in [-0.2, 0) is 0 Å². The van der Waals surface area contributed by atoms with Crippen LogP contribution in [0.4, 0.5) is 17.6 Å². The Kier molecular flexibility index (Phi) is 7.86. The molecule has 0 amide bonds. The fourth-order valence-corrected chi connectivity index (χ4v) is 4.64. The maximum atomic E-state index is 6.28. The van der Waals surface area contributed by atoms with E-state index in [1.54, 1.807) is 13.2 Å². The molecule has 32 heavy (non-hydrogen) atoms. The number of hydrogen-bond acceptors (Lipinski definition) is 8. The summed E-state index contributed by atoms with van der Waals surface area (Å²) in [5, 5.41) is 7.26. The first-order valence-corrected chi connectivity index (χ1v) is 11.9. The van der Waals surface area contributed by atoms with Crippen molar-refractivity contribution in [1.82, 2.24) is 19.9 Å². The minimum absolute atomic E-state index is 0.332. The minimum atomic E-state index is 0.332. The molecule has 174 valence electrons. The van der Waals surface area contributed by atoms with Gasteiger partial charge in [0.1, 0.15) is 12.4 Å². The lowest BCUT2D eigenvalue weighted by molar-refractivity contribution is 0.188. The van der Waals surface area contributed by atoms with Crippen molar-refractivity contribution in [2.45, 2.75) is 63.5 Å². The van der Waals surface area contributed by atoms with Gasteiger partial charge in [-0.3, -0.25) is 0 Å². The van der Waals surface area contributed by atoms with Gasteiger partial charge in [-0.25, -0.2) is 0 Å². The fourth-order valence-electron chi connectivity index (χ4n) is 4.38. The number of aromatic nitrogens is 3. The third-order valence-corrected chi connectivity index (χ3v) is 6.58. The third kappa shape index (κ3) is 6.13. The largest absolute Gasteiger partial charge is 0.495 e. The summed E-state index contributed by atoms with van der Waals surface area (Å²) in [4.78, 5) is 16.0. The molecule has 4 rings (SSSR count). The summed E-state index contributed by atoms with van der Waals surface area (Å²) in [6, 6.07) is 6.57. The van der Waals surface area contributed by atoms with Gasteiger partial charge in [0.15, 0.2) is 0 Å². The summed E-state index contributed by atoms with van der Waals surface area (Å²) in [5.41, 5.74) is 0.767. The first kappa shape index (κ1) is 22.9. The highest BCUT2D eigenvalue weighted by Gasteiger charge is 2.22. The van der Waals surface area contributed by atoms with E-state index in [1.165, 1.54) is 32.1 Å². The van der Waals surface area contributed by atoms with Gasteiger partial charge in [-0.2, -0.15) is 15.0 Å². The second kappa shape index (κ2) is 11.0. The van der Waals surface area contributed by atoms with Crippen LogP contribution in [0.15, 0.2) is 18.2 Å². The number of methoxy groups -OCH3 is 1. The SMILES string of the molecule is COc1ccc(Nc2nc(NC3CCCCCC3)nc(OCC3CCCN3C)n2)cc1Cl. The van der Waals surface area contributed by atoms with E-state index in [1.807, 2.05) is 12.1 Å². The molecule has 2 N–H and O–H groups in total. The smallest absolute Gasteiger partial charge is 0.323 e. The minimum Gasteiger partial charge on any atom is -0.495 e. The molecule has 1 aromatic heterocycles. The van der Waals surface area contributed by atoms with Gasteiger partial charge in [-0.05, 0) is 57.5 Å². The van der Waals surface area contributed by atoms with Crippen molar-refractivity contribution in [3.05, 3.63) is 23.2 Å². The molecule has 0 radical (unpaired) electrons. The summed E-state index contributed by atoms with van der Waals surface area (Å²) in [6.45, 7) is 1.67. The van der Waals surface area contributed by atoms with Crippen LogP contribution >= 0.6 is 11.6 Å². The van der Waals surface area contributed by atoms with Gasteiger partial charge in [0.05, 0.1) is 12.1 Å². The molecule has 2 heterocycles. The third-order valence-electron chi connectivity index (χ3n) is 6.29. The summed E-state index contributed by atoms with van der Waals surface area (Å²) in [7, 11) is 3.73. The number of likely N-dealkylation sites (tertiary alicyclic amines) is 1. The Morgan fingerprint density at radius 3 is 2.50 bits per heavy atom. The van der Waals surface area contributed by atoms with E-state index in [0.29, 0.717) is 47.4 Å². The molecule has 1 unspecified atom stereocenters. The molecule has 0 bridgehead atoms. The fraction of sp³-hybridized carbons (Fsp3) is 0.609. The molecular weight excluding hydrogens is 428 g/mol. The Bertz CT molecular complexity index is 891. The van der Waals surface area contributed by atoms with E-state index >= 15 is 0 Å². The maximum absolute atomic E-state index is 6.28. The molecule has 0 spiro atoms. The van der Waals surface area contributed by atoms with Crippen molar-refractivity contribution in [3.8, 4) is 11.8 Å². The molecule has 9 heteroatoms. The highest BCUT2D eigenvalue weighted by atomic mass is 35.5. The average molecular weight is 461 g/mol. The molecule has 1 saturated heterocycles. The number of ether oxygens (including phenoxy) is 2. The standard InChI is InChI=1S/C23H33ClN6O2/c1-30-13-7-10-18(30)15-32-23-28-21(25-16-8-5-3-4-6-9-16)27-22(29-23)26-17-11-12-20(31-2)19(24)14-17/h11-12,14,16,18H,3-10,13,15H2,1-2H3,(H2,25,26,27,28,29). The Hall–Kier alpha value is -2.32. The van der Waals surface area contributed by atoms with Crippen LogP contribution in [0, 0.1) is 0 Å². The van der Waals surface area contributed by atoms with E-state index in [4.69, 9.17) is 21.1 Å². The number of hydrogen-bond donors (Lipinski definition) is 2. The number of nitrogens with one attached hydrogen (secondary N) is 2. The highest BCUT2D eigenvalue weighted by Crippen LogP contribution is 2.29. The monoisotopic (exact) mass is 460 g/mol. The summed E-state index contributed by atoms with van der Waals surface area (Å²) in [5.74, 6) is 1.59. The molecule has 8 nitrogen and oxygen atoms in total. The van der Waals surface area contributed by atoms with Crippen molar-refractivity contribution in [2.75, 3.05) is 37.9 Å². The van der Waals surface area contributed by atoms with Crippen LogP contribution in [0.1, 0.15) is 51.4 Å². The van der Waals surface area contributed by atoms with Crippen molar-refractivity contribution < 1.29 is 9.47 Å². The number of rotatable bonds is 8. The van der Waals surface area contributed by atoms with Gasteiger partial charge in [0, 0.05) is 17.8 Å². The van der Waals surface area contributed by atoms with Crippen molar-refractivity contribution >= 4 is 29.2 Å². The summed E-state index contributed by atoms with van der Waals surface area (Å²) in [6.07, 6.45) is 9.64. The van der Waals surface area contributed by atoms with Gasteiger partial charge >= 0.3 is 6.01 Å². The average Bonchev–Trinajstić information content (AvgIpc) is 3.01. The number of anilines is 3. The normalized spacial score (nSPS) is 20.0. The van der Waals surface area contributed by atoms with Gasteiger partial charge in [-0.1, -0.05) is 37.3 Å². The first-order valence-electron chi connectivity index (χ1n) is 11.6. The lowest BCUT2D eigenvalue weighted by Crippen LogP contribution is -2.31. The molecule has 2 fully saturated rings. The molecule has 1 aliphatic heterocycles. The lowest BCUT2D eigenvalue weighted by Gasteiger charge is -2.20. The van der Waals surface area contributed by atoms with E-state index < -0.39 is 0 Å². The zero-order valence-electron chi connectivity index (χ0n) is 18.9. The predicted octanol–water partition coefficient (Wildman–Crippen LogP) is 4.88. The van der Waals surface area contributed by atoms with Gasteiger partial charge in [0.25, 0.3) is 0 Å². The van der Waals surface area contributed by atoms with Crippen molar-refractivity contribution in [3.63, 3.8) is 0 Å². The Labute approximate surface area is 195 Å². The van der Waals surface area contributed by atoms with Gasteiger partial charge in [0.2, 0.25) is 11.9 Å².